The number of nitrogens with zero attached hydrogens (tertiary/aromatic N) is 2. The Hall–Kier alpha value is -3.75. The van der Waals surface area contributed by atoms with Crippen LogP contribution in [0.5, 0.6) is 0 Å². The molecule has 0 bridgehead atoms. The number of aliphatic hydroxyl groups is 1. The molecule has 0 aliphatic carbocycles. The molecule has 4 heterocycles. The molecule has 2 N–H and O–H groups in total. The number of para-hydroxylation sites is 1. The Morgan fingerprint density at radius 1 is 1.04 bits per heavy atom. The van der Waals surface area contributed by atoms with Crippen LogP contribution >= 0.6 is 0 Å². The van der Waals surface area contributed by atoms with Crippen LogP contribution in [-0.4, -0.2) is 113 Å². The molecule has 5 rings (SSSR count). The number of alkyl carbamates (subject to hydrolysis) is 1. The summed E-state index contributed by atoms with van der Waals surface area (Å²) in [5.74, 6) is -5.12. The Bertz CT molecular complexity index is 1750. The smallest absolute Gasteiger partial charge is 0.408 e. The third-order valence-corrected chi connectivity index (χ3v) is 11.9. The molecule has 13 heteroatoms. The third kappa shape index (κ3) is 8.96. The number of hydrogen-bond donors (Lipinski definition) is 2. The fourth-order valence-corrected chi connectivity index (χ4v) is 8.73. The Kier molecular flexibility index (Phi) is 13.2. The summed E-state index contributed by atoms with van der Waals surface area (Å²) in [5, 5.41) is 15.4. The molecule has 0 spiro atoms. The first-order valence-corrected chi connectivity index (χ1v) is 19.5. The summed E-state index contributed by atoms with van der Waals surface area (Å²) in [6.45, 7) is 13.8. The summed E-state index contributed by atoms with van der Waals surface area (Å²) in [5.41, 5.74) is -1.00. The summed E-state index contributed by atoms with van der Waals surface area (Å²) in [6, 6.07) is 8.70. The predicted octanol–water partition coefficient (Wildman–Crippen LogP) is 5.11. The standard InChI is InChI=1S/C42H59N3O10/c1-11-32-42(8)36(44-40(50)55-42)25(4)33(46)23(2)21-41(7,51-18-14-15-28-20-29-16-12-13-17-30(29)43-22-28)37(26(5)34(47)27(6)38(49)53-32)54-39-35(48)31(45(9)10)19-24(3)52-39/h12-17,20,22-27,31-32,35-37,39,48H,11,18-19,21H2,1-10H3,(H,44,50)/b15-14+/t23-,24+,25+,26-,27+,31-,32+,35-,36-,37-,39-,41-,42-/m0/s1. The highest BCUT2D eigenvalue weighted by Gasteiger charge is 2.57. The van der Waals surface area contributed by atoms with Gasteiger partial charge in [0.2, 0.25) is 0 Å². The molecule has 3 aliphatic rings. The van der Waals surface area contributed by atoms with E-state index in [2.05, 4.69) is 10.3 Å². The second kappa shape index (κ2) is 17.2. The number of hydrogen-bond acceptors (Lipinski definition) is 12. The number of ether oxygens (including phenoxy) is 5. The van der Waals surface area contributed by atoms with Crippen molar-refractivity contribution >= 4 is 40.6 Å². The van der Waals surface area contributed by atoms with E-state index in [1.165, 1.54) is 6.92 Å². The number of carbonyl (C=O) groups is 4. The van der Waals surface area contributed by atoms with Gasteiger partial charge in [-0.2, -0.15) is 0 Å². The fraction of sp³-hybridized carbons (Fsp3) is 0.643. The maximum absolute atomic E-state index is 14.4. The van der Waals surface area contributed by atoms with Crippen molar-refractivity contribution in [2.45, 2.75) is 129 Å². The number of esters is 1. The number of nitrogens with one attached hydrogen (secondary N) is 1. The average Bonchev–Trinajstić information content (AvgIpc) is 3.47. The zero-order chi connectivity index (χ0) is 40.4. The number of cyclic esters (lactones) is 1. The van der Waals surface area contributed by atoms with Gasteiger partial charge in [-0.05, 0) is 78.7 Å². The second-order valence-corrected chi connectivity index (χ2v) is 16.4. The third-order valence-electron chi connectivity index (χ3n) is 11.9. The number of benzene rings is 1. The van der Waals surface area contributed by atoms with Gasteiger partial charge in [0.15, 0.2) is 17.7 Å². The number of aliphatic hydroxyl groups excluding tert-OH is 1. The maximum Gasteiger partial charge on any atom is 0.408 e. The molecule has 3 fully saturated rings. The quantitative estimate of drug-likeness (QED) is 0.270. The lowest BCUT2D eigenvalue weighted by Gasteiger charge is -2.47. The molecule has 13 nitrogen and oxygen atoms in total. The van der Waals surface area contributed by atoms with Gasteiger partial charge in [0.25, 0.3) is 0 Å². The highest BCUT2D eigenvalue weighted by atomic mass is 16.7. The van der Waals surface area contributed by atoms with E-state index in [1.807, 2.05) is 68.4 Å². The number of aromatic nitrogens is 1. The maximum atomic E-state index is 14.4. The second-order valence-electron chi connectivity index (χ2n) is 16.4. The average molecular weight is 766 g/mol. The van der Waals surface area contributed by atoms with Crippen LogP contribution in [0.15, 0.2) is 42.6 Å². The Balaban J connectivity index is 1.56. The number of fused-ring (bicyclic) bond motifs is 2. The number of pyridine rings is 1. The summed E-state index contributed by atoms with van der Waals surface area (Å²) >= 11 is 0. The molecule has 1 aromatic carbocycles. The van der Waals surface area contributed by atoms with E-state index in [4.69, 9.17) is 23.7 Å². The van der Waals surface area contributed by atoms with E-state index in [1.54, 1.807) is 47.7 Å². The first kappa shape index (κ1) is 42.4. The molecular formula is C42H59N3O10. The topological polar surface area (TPSA) is 163 Å². The van der Waals surface area contributed by atoms with Crippen LogP contribution in [-0.2, 0) is 38.1 Å². The first-order chi connectivity index (χ1) is 25.9. The number of ketones is 2. The van der Waals surface area contributed by atoms with Gasteiger partial charge in [-0.1, -0.05) is 58.0 Å². The van der Waals surface area contributed by atoms with Crippen LogP contribution in [0.1, 0.15) is 80.2 Å². The normalized spacial score (nSPS) is 38.1. The van der Waals surface area contributed by atoms with Gasteiger partial charge in [-0.3, -0.25) is 19.4 Å². The Morgan fingerprint density at radius 2 is 1.75 bits per heavy atom. The largest absolute Gasteiger partial charge is 0.458 e. The van der Waals surface area contributed by atoms with Crippen LogP contribution in [0, 0.1) is 23.7 Å². The van der Waals surface area contributed by atoms with Gasteiger partial charge >= 0.3 is 12.1 Å². The molecule has 3 saturated heterocycles. The molecule has 1 amide bonds. The van der Waals surface area contributed by atoms with Crippen molar-refractivity contribution < 1.29 is 48.0 Å². The van der Waals surface area contributed by atoms with Crippen molar-refractivity contribution in [3.63, 3.8) is 0 Å². The fourth-order valence-electron chi connectivity index (χ4n) is 8.73. The molecule has 302 valence electrons. The van der Waals surface area contributed by atoms with Crippen LogP contribution in [0.2, 0.25) is 0 Å². The molecular weight excluding hydrogens is 706 g/mol. The van der Waals surface area contributed by atoms with Crippen molar-refractivity contribution in [3.05, 3.63) is 48.2 Å². The van der Waals surface area contributed by atoms with Crippen molar-refractivity contribution in [1.29, 1.82) is 0 Å². The van der Waals surface area contributed by atoms with E-state index in [9.17, 15) is 24.3 Å². The molecule has 13 atom stereocenters. The van der Waals surface area contributed by atoms with Crippen LogP contribution in [0.4, 0.5) is 4.79 Å². The molecule has 55 heavy (non-hydrogen) atoms. The van der Waals surface area contributed by atoms with Crippen molar-refractivity contribution in [1.82, 2.24) is 15.2 Å². The van der Waals surface area contributed by atoms with Crippen LogP contribution in [0.3, 0.4) is 0 Å². The van der Waals surface area contributed by atoms with Crippen LogP contribution < -0.4 is 5.32 Å². The van der Waals surface area contributed by atoms with E-state index in [0.717, 1.165) is 16.5 Å². The van der Waals surface area contributed by atoms with Gasteiger partial charge in [0.05, 0.1) is 36.0 Å². The molecule has 0 unspecified atom stereocenters. The molecule has 3 aliphatic heterocycles. The minimum atomic E-state index is -1.38. The van der Waals surface area contributed by atoms with Crippen molar-refractivity contribution in [2.75, 3.05) is 20.7 Å². The molecule has 0 radical (unpaired) electrons. The highest BCUT2D eigenvalue weighted by molar-refractivity contribution is 6.00. The monoisotopic (exact) mass is 765 g/mol. The zero-order valence-electron chi connectivity index (χ0n) is 33.8. The van der Waals surface area contributed by atoms with E-state index >= 15 is 0 Å². The number of carbonyl (C=O) groups excluding carboxylic acids is 4. The van der Waals surface area contributed by atoms with Gasteiger partial charge in [0.1, 0.15) is 23.9 Å². The lowest BCUT2D eigenvalue weighted by molar-refractivity contribution is -0.296. The summed E-state index contributed by atoms with van der Waals surface area (Å²) < 4.78 is 31.4. The van der Waals surface area contributed by atoms with Crippen LogP contribution in [0.25, 0.3) is 17.0 Å². The van der Waals surface area contributed by atoms with E-state index in [0.29, 0.717) is 6.42 Å². The number of likely N-dealkylation sites (N-methyl/N-ethyl adjacent to an activating group) is 1. The summed E-state index contributed by atoms with van der Waals surface area (Å²) in [7, 11) is 3.74. The molecule has 0 saturated carbocycles. The Labute approximate surface area is 324 Å². The minimum absolute atomic E-state index is 0.0612. The SMILES string of the molecule is CC[C@H]1OC(=O)[C@H](C)C(=O)[C@H](C)[C@H](O[C@@H]2O[C@H](C)C[C@H](N(C)C)[C@@H]2O)[C@@](C)(OC/C=C/c2cnc3ccccc3c2)C[C@H](C)C(=O)[C@@H](C)[C@@H]2NC(=O)O[C@@]12C. The van der Waals surface area contributed by atoms with Crippen molar-refractivity contribution in [2.24, 2.45) is 23.7 Å². The van der Waals surface area contributed by atoms with Gasteiger partial charge in [0, 0.05) is 35.4 Å². The Morgan fingerprint density at radius 3 is 2.44 bits per heavy atom. The van der Waals surface area contributed by atoms with E-state index < -0.39 is 83.4 Å². The minimum Gasteiger partial charge on any atom is -0.458 e. The lowest BCUT2D eigenvalue weighted by Crippen LogP contribution is -2.60. The van der Waals surface area contributed by atoms with Crippen molar-refractivity contribution in [3.8, 4) is 0 Å². The van der Waals surface area contributed by atoms with Gasteiger partial charge < -0.3 is 39.0 Å². The highest BCUT2D eigenvalue weighted by Crippen LogP contribution is 2.40. The number of rotatable bonds is 8. The zero-order valence-corrected chi connectivity index (χ0v) is 33.8. The molecule has 1 aromatic heterocycles. The predicted molar refractivity (Wildman–Crippen MR) is 206 cm³/mol. The van der Waals surface area contributed by atoms with Gasteiger partial charge in [-0.15, -0.1) is 0 Å². The summed E-state index contributed by atoms with van der Waals surface area (Å²) in [6.07, 6.45) is 1.12. The summed E-state index contributed by atoms with van der Waals surface area (Å²) in [4.78, 5) is 61.8. The van der Waals surface area contributed by atoms with E-state index in [-0.39, 0.29) is 37.4 Å². The number of amides is 1. The lowest BCUT2D eigenvalue weighted by atomic mass is 9.73. The number of Topliss-reactive ketones (excluding diaryl/α,β-unsaturated/α-hetero) is 2. The molecule has 2 aromatic rings. The van der Waals surface area contributed by atoms with Gasteiger partial charge in [-0.25, -0.2) is 4.79 Å². The first-order valence-electron chi connectivity index (χ1n) is 19.5.